The van der Waals surface area contributed by atoms with Crippen molar-refractivity contribution in [3.8, 4) is 55.6 Å². The van der Waals surface area contributed by atoms with Crippen molar-refractivity contribution < 1.29 is 29.3 Å². The molecule has 0 aliphatic heterocycles. The van der Waals surface area contributed by atoms with Crippen LogP contribution in [0.15, 0.2) is 126 Å². The number of anilines is 3. The zero-order valence-corrected chi connectivity index (χ0v) is 41.5. The second kappa shape index (κ2) is 22.9. The van der Waals surface area contributed by atoms with Gasteiger partial charge in [-0.15, -0.1) is 45.3 Å². The summed E-state index contributed by atoms with van der Waals surface area (Å²) in [4.78, 5) is 28.7. The van der Waals surface area contributed by atoms with Gasteiger partial charge in [-0.2, -0.15) is 10.5 Å². The van der Waals surface area contributed by atoms with Crippen molar-refractivity contribution in [1.29, 1.82) is 10.5 Å². The van der Waals surface area contributed by atoms with Gasteiger partial charge in [0, 0.05) is 67.0 Å². The number of rotatable bonds is 22. The van der Waals surface area contributed by atoms with E-state index in [4.69, 9.17) is 9.47 Å². The number of benzene rings is 4. The van der Waals surface area contributed by atoms with Crippen LogP contribution >= 0.6 is 45.3 Å². The Morgan fingerprint density at radius 3 is 1.39 bits per heavy atom. The topological polar surface area (TPSA) is 144 Å². The molecule has 0 aliphatic carbocycles. The summed E-state index contributed by atoms with van der Waals surface area (Å²) in [6.07, 6.45) is 11.9. The minimum Gasteiger partial charge on any atom is -0.493 e. The number of nitriles is 2. The lowest BCUT2D eigenvalue weighted by atomic mass is 10.0. The lowest BCUT2D eigenvalue weighted by Crippen LogP contribution is -2.09. The molecule has 0 saturated heterocycles. The Labute approximate surface area is 417 Å². The minimum absolute atomic E-state index is 0.293. The van der Waals surface area contributed by atoms with E-state index in [-0.39, 0.29) is 11.1 Å². The molecule has 0 spiro atoms. The maximum absolute atomic E-state index is 11.4. The molecule has 4 aromatic heterocycles. The third kappa shape index (κ3) is 11.8. The van der Waals surface area contributed by atoms with Crippen LogP contribution in [-0.2, 0) is 9.59 Å². The summed E-state index contributed by atoms with van der Waals surface area (Å²) in [6, 6.07) is 43.3. The van der Waals surface area contributed by atoms with Gasteiger partial charge in [-0.3, -0.25) is 0 Å². The predicted molar refractivity (Wildman–Crippen MR) is 286 cm³/mol. The average Bonchev–Trinajstić information content (AvgIpc) is 4.14. The number of carboxylic acid groups (broad SMARTS) is 2. The third-order valence-electron chi connectivity index (χ3n) is 11.5. The van der Waals surface area contributed by atoms with E-state index in [9.17, 15) is 30.3 Å². The van der Waals surface area contributed by atoms with Crippen LogP contribution in [0.2, 0.25) is 0 Å². The van der Waals surface area contributed by atoms with Gasteiger partial charge in [0.15, 0.2) is 0 Å². The lowest BCUT2D eigenvalue weighted by Gasteiger charge is -2.26. The van der Waals surface area contributed by atoms with E-state index in [1.165, 1.54) is 60.5 Å². The summed E-state index contributed by atoms with van der Waals surface area (Å²) in [7, 11) is 0. The van der Waals surface area contributed by atoms with Crippen molar-refractivity contribution >= 4 is 105 Å². The average molecular weight is 988 g/mol. The monoisotopic (exact) mass is 987 g/mol. The first-order chi connectivity index (χ1) is 33.6. The van der Waals surface area contributed by atoms with Gasteiger partial charge in [0.2, 0.25) is 0 Å². The van der Waals surface area contributed by atoms with Crippen molar-refractivity contribution in [2.75, 3.05) is 18.1 Å². The molecule has 69 heavy (non-hydrogen) atoms. The van der Waals surface area contributed by atoms with Gasteiger partial charge in [-0.25, -0.2) is 9.59 Å². The van der Waals surface area contributed by atoms with Crippen LogP contribution in [0.25, 0.3) is 63.0 Å². The number of thiophene rings is 4. The molecule has 0 atom stereocenters. The van der Waals surface area contributed by atoms with E-state index in [1.807, 2.05) is 24.3 Å². The summed E-state index contributed by atoms with van der Waals surface area (Å²) in [6.45, 7) is 5.74. The van der Waals surface area contributed by atoms with Crippen LogP contribution in [0.1, 0.15) is 75.0 Å². The van der Waals surface area contributed by atoms with Crippen molar-refractivity contribution in [3.63, 3.8) is 0 Å². The first kappa shape index (κ1) is 48.5. The number of unbranched alkanes of at least 4 members (excludes halogenated alkanes) is 6. The quantitative estimate of drug-likeness (QED) is 0.0385. The molecule has 348 valence electrons. The highest BCUT2D eigenvalue weighted by Crippen LogP contribution is 2.44. The van der Waals surface area contributed by atoms with E-state index in [0.29, 0.717) is 13.2 Å². The fourth-order valence-corrected chi connectivity index (χ4v) is 12.6. The summed E-state index contributed by atoms with van der Waals surface area (Å²) in [5, 5.41) is 37.1. The van der Waals surface area contributed by atoms with Gasteiger partial charge in [-0.05, 0) is 114 Å². The summed E-state index contributed by atoms with van der Waals surface area (Å²) in [5.41, 5.74) is 6.47. The van der Waals surface area contributed by atoms with Gasteiger partial charge >= 0.3 is 11.9 Å². The fourth-order valence-electron chi connectivity index (χ4n) is 7.87. The van der Waals surface area contributed by atoms with Crippen molar-refractivity contribution in [2.45, 2.75) is 65.2 Å². The molecule has 0 saturated carbocycles. The van der Waals surface area contributed by atoms with Gasteiger partial charge in [0.1, 0.15) is 34.8 Å². The Morgan fingerprint density at radius 2 is 0.971 bits per heavy atom. The van der Waals surface area contributed by atoms with Crippen LogP contribution < -0.4 is 14.4 Å². The van der Waals surface area contributed by atoms with E-state index in [2.05, 4.69) is 110 Å². The molecular weight excluding hydrogens is 939 g/mol. The molecule has 13 heteroatoms. The third-order valence-corrected chi connectivity index (χ3v) is 16.0. The normalized spacial score (nSPS) is 11.7. The molecular formula is C56H49N3O6S4. The van der Waals surface area contributed by atoms with Crippen LogP contribution in [0.3, 0.4) is 0 Å². The fraction of sp³-hybridized carbons (Fsp3) is 0.214. The van der Waals surface area contributed by atoms with Gasteiger partial charge in [0.05, 0.1) is 13.2 Å². The predicted octanol–water partition coefficient (Wildman–Crippen LogP) is 16.6. The Kier molecular flexibility index (Phi) is 16.1. The van der Waals surface area contributed by atoms with Crippen LogP contribution in [0.4, 0.5) is 17.1 Å². The number of carbonyl (C=O) groups is 2. The second-order valence-corrected chi connectivity index (χ2v) is 20.8. The van der Waals surface area contributed by atoms with E-state index >= 15 is 0 Å². The van der Waals surface area contributed by atoms with E-state index in [0.717, 1.165) is 115 Å². The maximum Gasteiger partial charge on any atom is 0.346 e. The van der Waals surface area contributed by atoms with Crippen LogP contribution in [-0.4, -0.2) is 35.4 Å². The highest BCUT2D eigenvalue weighted by molar-refractivity contribution is 7.30. The van der Waals surface area contributed by atoms with E-state index < -0.39 is 11.9 Å². The minimum atomic E-state index is -1.24. The number of ether oxygens (including phenoxy) is 2. The van der Waals surface area contributed by atoms with E-state index in [1.54, 1.807) is 34.8 Å². The largest absolute Gasteiger partial charge is 0.493 e. The molecule has 2 N–H and O–H groups in total. The zero-order valence-electron chi connectivity index (χ0n) is 38.2. The number of hydrogen-bond donors (Lipinski definition) is 2. The van der Waals surface area contributed by atoms with Gasteiger partial charge < -0.3 is 24.6 Å². The molecule has 8 aromatic rings. The van der Waals surface area contributed by atoms with Crippen molar-refractivity contribution in [1.82, 2.24) is 0 Å². The highest BCUT2D eigenvalue weighted by Gasteiger charge is 2.18. The van der Waals surface area contributed by atoms with Crippen LogP contribution in [0, 0.1) is 22.7 Å². The summed E-state index contributed by atoms with van der Waals surface area (Å²) >= 11 is 6.17. The molecule has 9 nitrogen and oxygen atoms in total. The molecule has 4 heterocycles. The summed E-state index contributed by atoms with van der Waals surface area (Å²) < 4.78 is 16.8. The van der Waals surface area contributed by atoms with Crippen molar-refractivity contribution in [2.24, 2.45) is 0 Å². The molecule has 0 bridgehead atoms. The molecule has 0 amide bonds. The van der Waals surface area contributed by atoms with Gasteiger partial charge in [0.25, 0.3) is 0 Å². The Hall–Kier alpha value is -7.00. The number of carboxylic acids is 2. The van der Waals surface area contributed by atoms with Crippen LogP contribution in [0.5, 0.6) is 11.5 Å². The molecule has 8 rings (SSSR count). The standard InChI is InChI=1S/C56H49N3O6S4/c1-3-5-7-9-25-64-44-23-24-47(48(29-44)65-26-10-8-6-4-2)36-11-17-41(18-12-36)59(42-19-13-37(14-20-42)49-32-53-51(68-49)30-45(66-53)27-39(34-57)55(60)61)43-21-15-38(16-22-43)50-33-54-52(69-50)31-46(67-54)28-40(35-58)56(62)63/h11-24,27-33H,3-10,25-26H2,1-2H3,(H,60,61)(H,62,63)/b39-27+,40-28+. The molecule has 0 unspecified atom stereocenters. The number of hydrogen-bond acceptors (Lipinski definition) is 11. The molecule has 0 aliphatic rings. The Balaban J connectivity index is 1.10. The molecule has 4 aromatic carbocycles. The number of aliphatic carboxylic acids is 2. The lowest BCUT2D eigenvalue weighted by molar-refractivity contribution is -0.133. The first-order valence-corrected chi connectivity index (χ1v) is 26.2. The second-order valence-electron chi connectivity index (χ2n) is 16.4. The molecule has 0 radical (unpaired) electrons. The maximum atomic E-state index is 11.4. The number of nitrogens with zero attached hydrogens (tertiary/aromatic N) is 3. The zero-order chi connectivity index (χ0) is 48.3. The first-order valence-electron chi connectivity index (χ1n) is 22.9. The SMILES string of the molecule is CCCCCCOc1ccc(-c2ccc(N(c3ccc(-c4cc5sc(/C=C(\C#N)C(=O)O)cc5s4)cc3)c3ccc(-c4cc5sc(/C=C(\C#N)C(=O)O)cc5s4)cc3)cc2)c(OCCCCCC)c1. The molecule has 0 fully saturated rings. The van der Waals surface area contributed by atoms with Crippen molar-refractivity contribution in [3.05, 3.63) is 136 Å². The smallest absolute Gasteiger partial charge is 0.346 e. The van der Waals surface area contributed by atoms with Gasteiger partial charge in [-0.1, -0.05) is 88.8 Å². The number of fused-ring (bicyclic) bond motifs is 2. The highest BCUT2D eigenvalue weighted by atomic mass is 32.1. The summed E-state index contributed by atoms with van der Waals surface area (Å²) in [5.74, 6) is -0.849. The Morgan fingerprint density at radius 1 is 0.536 bits per heavy atom. The Bertz CT molecular complexity index is 3010.